The summed E-state index contributed by atoms with van der Waals surface area (Å²) in [5.74, 6) is 1.26. The Labute approximate surface area is 114 Å². The van der Waals surface area contributed by atoms with E-state index in [0.717, 1.165) is 24.8 Å². The highest BCUT2D eigenvalue weighted by Crippen LogP contribution is 2.27. The molecule has 1 radical (unpaired) electrons. The summed E-state index contributed by atoms with van der Waals surface area (Å²) < 4.78 is 15.3. The molecule has 0 aliphatic rings. The average Bonchev–Trinajstić information content (AvgIpc) is 2.43. The summed E-state index contributed by atoms with van der Waals surface area (Å²) in [6, 6.07) is 6.85. The minimum absolute atomic E-state index is 0.126. The standard InChI is InChI=1S/C15H21O4/c1-4-19-15(16)8-6-5-7-12-9-10-13(17-2)14(11-12)18-3/h10-11H,4-8H2,1-3H3. The molecule has 19 heavy (non-hydrogen) atoms. The second-order valence-electron chi connectivity index (χ2n) is 4.11. The summed E-state index contributed by atoms with van der Waals surface area (Å²) >= 11 is 0. The summed E-state index contributed by atoms with van der Waals surface area (Å²) in [6.45, 7) is 2.26. The van der Waals surface area contributed by atoms with Gasteiger partial charge in [0.05, 0.1) is 20.8 Å². The van der Waals surface area contributed by atoms with Gasteiger partial charge in [0.1, 0.15) is 0 Å². The van der Waals surface area contributed by atoms with Crippen LogP contribution in [0.4, 0.5) is 0 Å². The van der Waals surface area contributed by atoms with Crippen LogP contribution >= 0.6 is 0 Å². The summed E-state index contributed by atoms with van der Waals surface area (Å²) in [6.07, 6.45) is 3.08. The van der Waals surface area contributed by atoms with Gasteiger partial charge < -0.3 is 14.2 Å². The molecule has 1 aromatic rings. The Morgan fingerprint density at radius 3 is 2.58 bits per heavy atom. The smallest absolute Gasteiger partial charge is 0.305 e. The quantitative estimate of drug-likeness (QED) is 0.535. The zero-order valence-corrected chi connectivity index (χ0v) is 11.8. The molecule has 0 N–H and O–H groups in total. The van der Waals surface area contributed by atoms with E-state index in [1.54, 1.807) is 20.3 Å². The van der Waals surface area contributed by atoms with Gasteiger partial charge in [-0.2, -0.15) is 0 Å². The number of carbonyl (C=O) groups is 1. The van der Waals surface area contributed by atoms with Gasteiger partial charge >= 0.3 is 5.97 Å². The number of hydrogen-bond donors (Lipinski definition) is 0. The molecule has 0 saturated heterocycles. The Morgan fingerprint density at radius 1 is 1.21 bits per heavy atom. The molecule has 1 aromatic carbocycles. The van der Waals surface area contributed by atoms with Gasteiger partial charge in [-0.3, -0.25) is 4.79 Å². The molecule has 0 bridgehead atoms. The Balaban J connectivity index is 2.39. The highest BCUT2D eigenvalue weighted by Gasteiger charge is 2.06. The highest BCUT2D eigenvalue weighted by molar-refractivity contribution is 5.69. The van der Waals surface area contributed by atoms with Gasteiger partial charge in [-0.15, -0.1) is 0 Å². The largest absolute Gasteiger partial charge is 0.493 e. The van der Waals surface area contributed by atoms with Crippen molar-refractivity contribution >= 4 is 5.97 Å². The molecule has 0 heterocycles. The second-order valence-corrected chi connectivity index (χ2v) is 4.11. The van der Waals surface area contributed by atoms with Crippen LogP contribution in [0.2, 0.25) is 0 Å². The third-order valence-corrected chi connectivity index (χ3v) is 2.76. The lowest BCUT2D eigenvalue weighted by Gasteiger charge is -2.09. The first-order valence-corrected chi connectivity index (χ1v) is 6.49. The number of aryl methyl sites for hydroxylation is 1. The lowest BCUT2D eigenvalue weighted by molar-refractivity contribution is -0.143. The average molecular weight is 265 g/mol. The number of ether oxygens (including phenoxy) is 3. The van der Waals surface area contributed by atoms with Crippen molar-refractivity contribution in [1.29, 1.82) is 0 Å². The van der Waals surface area contributed by atoms with E-state index >= 15 is 0 Å². The molecular weight excluding hydrogens is 244 g/mol. The van der Waals surface area contributed by atoms with Gasteiger partial charge in [0.25, 0.3) is 0 Å². The van der Waals surface area contributed by atoms with Crippen LogP contribution in [0.1, 0.15) is 31.7 Å². The molecule has 0 fully saturated rings. The van der Waals surface area contributed by atoms with E-state index in [1.807, 2.05) is 13.0 Å². The predicted octanol–water partition coefficient (Wildman–Crippen LogP) is 2.78. The topological polar surface area (TPSA) is 44.8 Å². The lowest BCUT2D eigenvalue weighted by atomic mass is 10.1. The van der Waals surface area contributed by atoms with E-state index in [-0.39, 0.29) is 5.97 Å². The molecule has 4 nitrogen and oxygen atoms in total. The van der Waals surface area contributed by atoms with Gasteiger partial charge in [0.15, 0.2) is 11.5 Å². The van der Waals surface area contributed by atoms with Crippen LogP contribution in [-0.2, 0) is 16.0 Å². The van der Waals surface area contributed by atoms with Crippen molar-refractivity contribution in [2.75, 3.05) is 20.8 Å². The molecule has 1 rings (SSSR count). The first kappa shape index (κ1) is 15.3. The van der Waals surface area contributed by atoms with Crippen LogP contribution in [0, 0.1) is 6.07 Å². The SMILES string of the molecule is CCOC(=O)CCCCc1[c]cc(OC)c(OC)c1. The van der Waals surface area contributed by atoms with E-state index in [2.05, 4.69) is 6.07 Å². The normalized spacial score (nSPS) is 10.1. The number of esters is 1. The van der Waals surface area contributed by atoms with Crippen LogP contribution in [0.15, 0.2) is 12.1 Å². The van der Waals surface area contributed by atoms with Gasteiger partial charge in [-0.05, 0) is 49.9 Å². The fourth-order valence-corrected chi connectivity index (χ4v) is 1.78. The molecular formula is C15H21O4. The molecule has 0 aliphatic carbocycles. The molecule has 0 amide bonds. The number of carbonyl (C=O) groups excluding carboxylic acids is 1. The predicted molar refractivity (Wildman–Crippen MR) is 72.6 cm³/mol. The maximum Gasteiger partial charge on any atom is 0.305 e. The summed E-state index contributed by atoms with van der Waals surface area (Å²) in [4.78, 5) is 11.2. The number of benzene rings is 1. The van der Waals surface area contributed by atoms with Crippen molar-refractivity contribution in [3.05, 3.63) is 23.8 Å². The lowest BCUT2D eigenvalue weighted by Crippen LogP contribution is -2.03. The first-order valence-electron chi connectivity index (χ1n) is 6.49. The Hall–Kier alpha value is -1.71. The van der Waals surface area contributed by atoms with E-state index in [1.165, 1.54) is 0 Å². The highest BCUT2D eigenvalue weighted by atomic mass is 16.5. The number of hydrogen-bond acceptors (Lipinski definition) is 4. The summed E-state index contributed by atoms with van der Waals surface area (Å²) in [5.41, 5.74) is 1.06. The second kappa shape index (κ2) is 8.40. The summed E-state index contributed by atoms with van der Waals surface area (Å²) in [7, 11) is 3.22. The Bertz CT molecular complexity index is 401. The first-order chi connectivity index (χ1) is 9.21. The van der Waals surface area contributed by atoms with Crippen molar-refractivity contribution in [1.82, 2.24) is 0 Å². The molecule has 105 valence electrons. The Morgan fingerprint density at radius 2 is 1.95 bits per heavy atom. The van der Waals surface area contributed by atoms with Crippen LogP contribution in [-0.4, -0.2) is 26.8 Å². The fraction of sp³-hybridized carbons (Fsp3) is 0.533. The molecule has 4 heteroatoms. The third-order valence-electron chi connectivity index (χ3n) is 2.76. The van der Waals surface area contributed by atoms with Gasteiger partial charge in [-0.25, -0.2) is 0 Å². The Kier molecular flexibility index (Phi) is 6.79. The molecule has 0 spiro atoms. The van der Waals surface area contributed by atoms with Crippen molar-refractivity contribution in [3.63, 3.8) is 0 Å². The van der Waals surface area contributed by atoms with E-state index in [9.17, 15) is 4.79 Å². The van der Waals surface area contributed by atoms with Gasteiger partial charge in [-0.1, -0.05) is 0 Å². The van der Waals surface area contributed by atoms with E-state index in [0.29, 0.717) is 24.5 Å². The van der Waals surface area contributed by atoms with Crippen molar-refractivity contribution in [2.24, 2.45) is 0 Å². The third kappa shape index (κ3) is 5.20. The minimum atomic E-state index is -0.126. The maximum atomic E-state index is 11.2. The van der Waals surface area contributed by atoms with E-state index in [4.69, 9.17) is 14.2 Å². The van der Waals surface area contributed by atoms with Gasteiger partial charge in [0, 0.05) is 6.42 Å². The zero-order chi connectivity index (χ0) is 14.1. The van der Waals surface area contributed by atoms with Crippen molar-refractivity contribution < 1.29 is 19.0 Å². The maximum absolute atomic E-state index is 11.2. The van der Waals surface area contributed by atoms with E-state index < -0.39 is 0 Å². The van der Waals surface area contributed by atoms with Gasteiger partial charge in [0.2, 0.25) is 0 Å². The van der Waals surface area contributed by atoms with Crippen LogP contribution in [0.5, 0.6) is 11.5 Å². The van der Waals surface area contributed by atoms with Crippen LogP contribution < -0.4 is 9.47 Å². The summed E-state index contributed by atoms with van der Waals surface area (Å²) in [5, 5.41) is 0. The molecule has 0 aromatic heterocycles. The number of methoxy groups -OCH3 is 2. The monoisotopic (exact) mass is 265 g/mol. The molecule has 0 saturated carbocycles. The number of unbranched alkanes of at least 4 members (excludes halogenated alkanes) is 1. The zero-order valence-electron chi connectivity index (χ0n) is 11.8. The van der Waals surface area contributed by atoms with Crippen LogP contribution in [0.25, 0.3) is 0 Å². The van der Waals surface area contributed by atoms with Crippen molar-refractivity contribution in [3.8, 4) is 11.5 Å². The van der Waals surface area contributed by atoms with Crippen molar-refractivity contribution in [2.45, 2.75) is 32.6 Å². The molecule has 0 unspecified atom stereocenters. The fourth-order valence-electron chi connectivity index (χ4n) is 1.78. The molecule has 0 atom stereocenters. The van der Waals surface area contributed by atoms with Crippen LogP contribution in [0.3, 0.4) is 0 Å². The number of rotatable bonds is 8. The molecule has 0 aliphatic heterocycles. The minimum Gasteiger partial charge on any atom is -0.493 e.